The van der Waals surface area contributed by atoms with E-state index < -0.39 is 0 Å². The van der Waals surface area contributed by atoms with Crippen molar-refractivity contribution in [2.24, 2.45) is 11.3 Å². The molecule has 0 aromatic carbocycles. The maximum absolute atomic E-state index is 12.7. The number of aromatic nitrogens is 4. The first-order valence-electron chi connectivity index (χ1n) is 9.59. The molecule has 1 N–H and O–H groups in total. The summed E-state index contributed by atoms with van der Waals surface area (Å²) >= 11 is 0. The Balaban J connectivity index is 1.52. The van der Waals surface area contributed by atoms with Crippen molar-refractivity contribution < 1.29 is 4.79 Å². The number of nitrogens with zero attached hydrogens (tertiary/aromatic N) is 4. The minimum absolute atomic E-state index is 0.251. The van der Waals surface area contributed by atoms with Crippen LogP contribution in [0.5, 0.6) is 0 Å². The lowest BCUT2D eigenvalue weighted by molar-refractivity contribution is -0.140. The Bertz CT molecular complexity index is 951. The van der Waals surface area contributed by atoms with Crippen molar-refractivity contribution in [3.05, 3.63) is 36.8 Å². The molecule has 1 amide bonds. The molecule has 1 unspecified atom stereocenters. The second-order valence-corrected chi connectivity index (χ2v) is 8.71. The van der Waals surface area contributed by atoms with Gasteiger partial charge in [0, 0.05) is 42.5 Å². The van der Waals surface area contributed by atoms with Gasteiger partial charge in [0.1, 0.15) is 0 Å². The Kier molecular flexibility index (Phi) is 4.29. The monoisotopic (exact) mass is 365 g/mol. The molecule has 1 aliphatic heterocycles. The summed E-state index contributed by atoms with van der Waals surface area (Å²) in [5.41, 5.74) is 3.71. The number of likely N-dealkylation sites (tertiary alicyclic amines) is 1. The van der Waals surface area contributed by atoms with Gasteiger partial charge >= 0.3 is 0 Å². The number of carbonyl (C=O) groups is 1. The number of nitrogens with one attached hydrogen (secondary N) is 1. The summed E-state index contributed by atoms with van der Waals surface area (Å²) in [6.45, 7) is 9.90. The smallest absolute Gasteiger partial charge is 0.228 e. The second-order valence-electron chi connectivity index (χ2n) is 8.71. The molecule has 1 saturated heterocycles. The summed E-state index contributed by atoms with van der Waals surface area (Å²) in [7, 11) is 0. The summed E-state index contributed by atoms with van der Waals surface area (Å²) in [6.07, 6.45) is 6.79. The molecule has 3 aromatic rings. The third-order valence-electron chi connectivity index (χ3n) is 5.44. The van der Waals surface area contributed by atoms with E-state index in [4.69, 9.17) is 4.98 Å². The predicted octanol–water partition coefficient (Wildman–Crippen LogP) is 3.71. The molecule has 0 radical (unpaired) electrons. The number of pyridine rings is 1. The fraction of sp³-hybridized carbons (Fsp3) is 0.476. The summed E-state index contributed by atoms with van der Waals surface area (Å²) in [5, 5.41) is 6.83. The highest BCUT2D eigenvalue weighted by atomic mass is 16.2. The van der Waals surface area contributed by atoms with Crippen molar-refractivity contribution >= 4 is 16.9 Å². The molecule has 0 saturated carbocycles. The van der Waals surface area contributed by atoms with Gasteiger partial charge in [-0.3, -0.25) is 9.89 Å². The molecule has 3 aromatic heterocycles. The van der Waals surface area contributed by atoms with E-state index in [1.165, 1.54) is 0 Å². The molecule has 0 bridgehead atoms. The summed E-state index contributed by atoms with van der Waals surface area (Å²) in [6, 6.07) is 6.53. The SMILES string of the molecule is C[C@@H]1CC(Cn2ccc3nc(-c4cn[nH]c4)ccc32)CN1C(=O)C(C)(C)C. The van der Waals surface area contributed by atoms with Gasteiger partial charge in [0.2, 0.25) is 5.91 Å². The standard InChI is InChI=1S/C21H27N5O/c1-14-9-15(13-26(14)20(27)21(2,3)4)12-25-8-7-18-19(25)6-5-17(24-18)16-10-22-23-11-16/h5-8,10-11,14-15H,9,12-13H2,1-4H3,(H,22,23)/t14-,15?/m1/s1. The first-order valence-corrected chi connectivity index (χ1v) is 9.59. The molecular formula is C21H27N5O. The number of H-pyrrole nitrogens is 1. The van der Waals surface area contributed by atoms with Crippen LogP contribution in [0.25, 0.3) is 22.3 Å². The van der Waals surface area contributed by atoms with E-state index in [2.05, 4.69) is 44.9 Å². The minimum atomic E-state index is -0.323. The van der Waals surface area contributed by atoms with E-state index in [0.29, 0.717) is 12.0 Å². The van der Waals surface area contributed by atoms with Crippen LogP contribution in [0.3, 0.4) is 0 Å². The highest BCUT2D eigenvalue weighted by Gasteiger charge is 2.37. The number of hydrogen-bond donors (Lipinski definition) is 1. The zero-order chi connectivity index (χ0) is 19.2. The number of hydrogen-bond acceptors (Lipinski definition) is 3. The zero-order valence-electron chi connectivity index (χ0n) is 16.4. The van der Waals surface area contributed by atoms with Crippen LogP contribution in [0.2, 0.25) is 0 Å². The van der Waals surface area contributed by atoms with E-state index in [1.54, 1.807) is 6.20 Å². The molecule has 6 nitrogen and oxygen atoms in total. The quantitative estimate of drug-likeness (QED) is 0.769. The zero-order valence-corrected chi connectivity index (χ0v) is 16.4. The van der Waals surface area contributed by atoms with Gasteiger partial charge in [-0.2, -0.15) is 5.10 Å². The highest BCUT2D eigenvalue weighted by molar-refractivity contribution is 5.82. The Morgan fingerprint density at radius 2 is 2.11 bits per heavy atom. The molecule has 1 fully saturated rings. The predicted molar refractivity (Wildman–Crippen MR) is 106 cm³/mol. The van der Waals surface area contributed by atoms with E-state index in [1.807, 2.05) is 33.0 Å². The lowest BCUT2D eigenvalue weighted by Gasteiger charge is -2.29. The molecule has 2 atom stereocenters. The molecule has 0 spiro atoms. The van der Waals surface area contributed by atoms with Crippen molar-refractivity contribution in [2.75, 3.05) is 6.54 Å². The first kappa shape index (κ1) is 17.8. The molecule has 4 rings (SSSR count). The van der Waals surface area contributed by atoms with Crippen LogP contribution < -0.4 is 0 Å². The lowest BCUT2D eigenvalue weighted by Crippen LogP contribution is -2.41. The molecular weight excluding hydrogens is 338 g/mol. The maximum Gasteiger partial charge on any atom is 0.228 e. The largest absolute Gasteiger partial charge is 0.346 e. The number of aromatic amines is 1. The van der Waals surface area contributed by atoms with Crippen LogP contribution in [0, 0.1) is 11.3 Å². The van der Waals surface area contributed by atoms with Crippen LogP contribution >= 0.6 is 0 Å². The fourth-order valence-corrected chi connectivity index (χ4v) is 4.05. The summed E-state index contributed by atoms with van der Waals surface area (Å²) in [5.74, 6) is 0.719. The Labute approximate surface area is 159 Å². The molecule has 142 valence electrons. The molecule has 4 heterocycles. The van der Waals surface area contributed by atoms with Gasteiger partial charge in [0.15, 0.2) is 0 Å². The van der Waals surface area contributed by atoms with Crippen molar-refractivity contribution in [2.45, 2.75) is 46.7 Å². The van der Waals surface area contributed by atoms with Gasteiger partial charge < -0.3 is 9.47 Å². The van der Waals surface area contributed by atoms with Crippen LogP contribution in [0.4, 0.5) is 0 Å². The van der Waals surface area contributed by atoms with E-state index in [0.717, 1.165) is 41.8 Å². The third kappa shape index (κ3) is 3.36. The van der Waals surface area contributed by atoms with Crippen molar-refractivity contribution in [3.63, 3.8) is 0 Å². The van der Waals surface area contributed by atoms with Crippen LogP contribution in [-0.4, -0.2) is 43.1 Å². The van der Waals surface area contributed by atoms with Gasteiger partial charge in [-0.05, 0) is 37.5 Å². The van der Waals surface area contributed by atoms with Crippen molar-refractivity contribution in [1.29, 1.82) is 0 Å². The molecule has 6 heteroatoms. The minimum Gasteiger partial charge on any atom is -0.346 e. The average molecular weight is 365 g/mol. The molecule has 0 aliphatic carbocycles. The maximum atomic E-state index is 12.7. The summed E-state index contributed by atoms with van der Waals surface area (Å²) in [4.78, 5) is 19.5. The van der Waals surface area contributed by atoms with Gasteiger partial charge in [-0.15, -0.1) is 0 Å². The Morgan fingerprint density at radius 3 is 2.81 bits per heavy atom. The third-order valence-corrected chi connectivity index (χ3v) is 5.44. The van der Waals surface area contributed by atoms with Crippen LogP contribution in [0.15, 0.2) is 36.8 Å². The van der Waals surface area contributed by atoms with Gasteiger partial charge in [-0.25, -0.2) is 4.98 Å². The van der Waals surface area contributed by atoms with E-state index >= 15 is 0 Å². The number of carbonyl (C=O) groups excluding carboxylic acids is 1. The first-order chi connectivity index (χ1) is 12.8. The second kappa shape index (κ2) is 6.51. The van der Waals surface area contributed by atoms with Crippen molar-refractivity contribution in [1.82, 2.24) is 24.6 Å². The normalized spacial score (nSPS) is 20.5. The average Bonchev–Trinajstić information content (AvgIpc) is 3.34. The Morgan fingerprint density at radius 1 is 1.30 bits per heavy atom. The van der Waals surface area contributed by atoms with Crippen molar-refractivity contribution in [3.8, 4) is 11.3 Å². The molecule has 27 heavy (non-hydrogen) atoms. The number of amides is 1. The number of fused-ring (bicyclic) bond motifs is 1. The van der Waals surface area contributed by atoms with Crippen LogP contribution in [0.1, 0.15) is 34.1 Å². The van der Waals surface area contributed by atoms with Gasteiger partial charge in [-0.1, -0.05) is 20.8 Å². The van der Waals surface area contributed by atoms with Crippen LogP contribution in [-0.2, 0) is 11.3 Å². The number of rotatable bonds is 3. The Hall–Kier alpha value is -2.63. The van der Waals surface area contributed by atoms with Gasteiger partial charge in [0.25, 0.3) is 0 Å². The summed E-state index contributed by atoms with van der Waals surface area (Å²) < 4.78 is 2.27. The van der Waals surface area contributed by atoms with Gasteiger partial charge in [0.05, 0.1) is 22.9 Å². The fourth-order valence-electron chi connectivity index (χ4n) is 4.05. The van der Waals surface area contributed by atoms with E-state index in [9.17, 15) is 4.79 Å². The topological polar surface area (TPSA) is 66.8 Å². The highest BCUT2D eigenvalue weighted by Crippen LogP contribution is 2.30. The van der Waals surface area contributed by atoms with E-state index in [-0.39, 0.29) is 11.3 Å². The molecule has 1 aliphatic rings. The lowest BCUT2D eigenvalue weighted by atomic mass is 9.94.